The van der Waals surface area contributed by atoms with E-state index in [1.165, 1.54) is 30.0 Å². The Labute approximate surface area is 98.6 Å². The summed E-state index contributed by atoms with van der Waals surface area (Å²) in [6.07, 6.45) is 5.39. The van der Waals surface area contributed by atoms with Crippen molar-refractivity contribution in [1.82, 2.24) is 4.90 Å². The van der Waals surface area contributed by atoms with Gasteiger partial charge in [-0.15, -0.1) is 11.8 Å². The summed E-state index contributed by atoms with van der Waals surface area (Å²) in [5.41, 5.74) is 1.82. The van der Waals surface area contributed by atoms with Gasteiger partial charge in [-0.3, -0.25) is 4.90 Å². The summed E-state index contributed by atoms with van der Waals surface area (Å²) < 4.78 is 0. The smallest absolute Gasteiger partial charge is 0.0241 e. The van der Waals surface area contributed by atoms with E-state index in [9.17, 15) is 0 Å². The summed E-state index contributed by atoms with van der Waals surface area (Å²) in [7, 11) is 0. The van der Waals surface area contributed by atoms with E-state index in [-0.39, 0.29) is 0 Å². The Hall–Kier alpha value is -0.210. The van der Waals surface area contributed by atoms with Crippen LogP contribution in [0.5, 0.6) is 0 Å². The van der Waals surface area contributed by atoms with E-state index in [0.29, 0.717) is 5.41 Å². The summed E-state index contributed by atoms with van der Waals surface area (Å²) in [4.78, 5) is 4.06. The Balaban J connectivity index is 2.64. The first-order valence-electron chi connectivity index (χ1n) is 5.57. The van der Waals surface area contributed by atoms with Crippen molar-refractivity contribution in [2.24, 2.45) is 5.41 Å². The second-order valence-electron chi connectivity index (χ2n) is 5.38. The number of thioether (sulfide) groups is 1. The topological polar surface area (TPSA) is 3.24 Å². The van der Waals surface area contributed by atoms with E-state index in [1.54, 1.807) is 0 Å². The van der Waals surface area contributed by atoms with Crippen LogP contribution in [0.3, 0.4) is 0 Å². The standard InChI is InChI=1S/C13H23NS/c1-6-11-9-14(10-13(2,3)4)8-7-12(11)15-5/h6H,1,7-10H2,2-5H3. The molecule has 86 valence electrons. The molecule has 0 N–H and O–H groups in total. The number of hydrogen-bond acceptors (Lipinski definition) is 2. The van der Waals surface area contributed by atoms with E-state index in [1.807, 2.05) is 17.8 Å². The van der Waals surface area contributed by atoms with Crippen molar-refractivity contribution in [3.05, 3.63) is 23.1 Å². The van der Waals surface area contributed by atoms with Gasteiger partial charge in [0.2, 0.25) is 0 Å². The molecule has 1 aliphatic rings. The van der Waals surface area contributed by atoms with Gasteiger partial charge in [0.05, 0.1) is 0 Å². The quantitative estimate of drug-likeness (QED) is 0.723. The Kier molecular flexibility index (Phi) is 4.47. The zero-order chi connectivity index (χ0) is 11.5. The molecular weight excluding hydrogens is 202 g/mol. The molecule has 2 heteroatoms. The van der Waals surface area contributed by atoms with Crippen molar-refractivity contribution < 1.29 is 0 Å². The second-order valence-corrected chi connectivity index (χ2v) is 6.28. The fraction of sp³-hybridized carbons (Fsp3) is 0.692. The van der Waals surface area contributed by atoms with Crippen LogP contribution in [0.2, 0.25) is 0 Å². The van der Waals surface area contributed by atoms with Crippen molar-refractivity contribution in [3.63, 3.8) is 0 Å². The van der Waals surface area contributed by atoms with Gasteiger partial charge in [0.15, 0.2) is 0 Å². The highest BCUT2D eigenvalue weighted by Gasteiger charge is 2.21. The average molecular weight is 225 g/mol. The highest BCUT2D eigenvalue weighted by molar-refractivity contribution is 8.02. The fourth-order valence-electron chi connectivity index (χ4n) is 2.05. The molecule has 0 unspecified atom stereocenters. The van der Waals surface area contributed by atoms with Crippen molar-refractivity contribution in [2.45, 2.75) is 27.2 Å². The third kappa shape index (κ3) is 4.04. The Morgan fingerprint density at radius 2 is 2.13 bits per heavy atom. The maximum absolute atomic E-state index is 3.92. The zero-order valence-corrected chi connectivity index (χ0v) is 11.3. The molecular formula is C13H23NS. The minimum Gasteiger partial charge on any atom is -0.298 e. The van der Waals surface area contributed by atoms with Crippen LogP contribution in [0.1, 0.15) is 27.2 Å². The van der Waals surface area contributed by atoms with Gasteiger partial charge in [-0.1, -0.05) is 33.4 Å². The third-order valence-corrected chi connectivity index (χ3v) is 3.56. The third-order valence-electron chi connectivity index (χ3n) is 2.60. The van der Waals surface area contributed by atoms with Crippen LogP contribution < -0.4 is 0 Å². The van der Waals surface area contributed by atoms with Crippen LogP contribution >= 0.6 is 11.8 Å². The SMILES string of the molecule is C=CC1=C(SC)CCN(CC(C)(C)C)C1. The molecule has 0 spiro atoms. The van der Waals surface area contributed by atoms with Crippen LogP contribution in [0, 0.1) is 5.41 Å². The Bertz CT molecular complexity index is 260. The highest BCUT2D eigenvalue weighted by atomic mass is 32.2. The Morgan fingerprint density at radius 1 is 1.47 bits per heavy atom. The lowest BCUT2D eigenvalue weighted by molar-refractivity contribution is 0.201. The first kappa shape index (κ1) is 12.9. The molecule has 0 atom stereocenters. The van der Waals surface area contributed by atoms with E-state index >= 15 is 0 Å². The molecule has 0 radical (unpaired) electrons. The summed E-state index contributed by atoms with van der Waals surface area (Å²) >= 11 is 1.88. The minimum atomic E-state index is 0.392. The van der Waals surface area contributed by atoms with Gasteiger partial charge in [-0.25, -0.2) is 0 Å². The molecule has 1 heterocycles. The summed E-state index contributed by atoms with van der Waals surface area (Å²) in [5, 5.41) is 0. The first-order chi connectivity index (χ1) is 6.96. The number of rotatable bonds is 3. The average Bonchev–Trinajstić information content (AvgIpc) is 2.15. The molecule has 0 amide bonds. The van der Waals surface area contributed by atoms with Crippen molar-refractivity contribution >= 4 is 11.8 Å². The van der Waals surface area contributed by atoms with Crippen molar-refractivity contribution in [3.8, 4) is 0 Å². The maximum atomic E-state index is 3.92. The van der Waals surface area contributed by atoms with Gasteiger partial charge in [0.1, 0.15) is 0 Å². The van der Waals surface area contributed by atoms with E-state index in [4.69, 9.17) is 0 Å². The van der Waals surface area contributed by atoms with Crippen molar-refractivity contribution in [1.29, 1.82) is 0 Å². The number of hydrogen-bond donors (Lipinski definition) is 0. The Morgan fingerprint density at radius 3 is 2.60 bits per heavy atom. The predicted molar refractivity (Wildman–Crippen MR) is 71.3 cm³/mol. The van der Waals surface area contributed by atoms with Gasteiger partial charge in [0.25, 0.3) is 0 Å². The lowest BCUT2D eigenvalue weighted by Crippen LogP contribution is -2.37. The highest BCUT2D eigenvalue weighted by Crippen LogP contribution is 2.28. The number of nitrogens with zero attached hydrogens (tertiary/aromatic N) is 1. The lowest BCUT2D eigenvalue weighted by Gasteiger charge is -2.34. The van der Waals surface area contributed by atoms with E-state index in [0.717, 1.165) is 6.54 Å². The lowest BCUT2D eigenvalue weighted by atomic mass is 9.95. The fourth-order valence-corrected chi connectivity index (χ4v) is 2.75. The van der Waals surface area contributed by atoms with Crippen molar-refractivity contribution in [2.75, 3.05) is 25.9 Å². The minimum absolute atomic E-state index is 0.392. The molecule has 0 fully saturated rings. The summed E-state index contributed by atoms with van der Waals surface area (Å²) in [6, 6.07) is 0. The summed E-state index contributed by atoms with van der Waals surface area (Å²) in [6.45, 7) is 14.3. The largest absolute Gasteiger partial charge is 0.298 e. The van der Waals surface area contributed by atoms with Crippen LogP contribution in [0.4, 0.5) is 0 Å². The predicted octanol–water partition coefficient (Wildman–Crippen LogP) is 3.54. The van der Waals surface area contributed by atoms with E-state index < -0.39 is 0 Å². The molecule has 1 rings (SSSR count). The first-order valence-corrected chi connectivity index (χ1v) is 6.79. The van der Waals surface area contributed by atoms with Gasteiger partial charge in [0, 0.05) is 19.6 Å². The zero-order valence-electron chi connectivity index (χ0n) is 10.5. The molecule has 0 bridgehead atoms. The molecule has 0 saturated carbocycles. The second kappa shape index (κ2) is 5.22. The molecule has 15 heavy (non-hydrogen) atoms. The van der Waals surface area contributed by atoms with Crippen LogP contribution in [-0.2, 0) is 0 Å². The van der Waals surface area contributed by atoms with Crippen LogP contribution in [0.15, 0.2) is 23.1 Å². The van der Waals surface area contributed by atoms with Gasteiger partial charge in [-0.05, 0) is 28.6 Å². The molecule has 1 aliphatic heterocycles. The molecule has 1 nitrogen and oxygen atoms in total. The molecule has 0 saturated heterocycles. The molecule has 0 aliphatic carbocycles. The molecule has 0 aromatic heterocycles. The summed E-state index contributed by atoms with van der Waals surface area (Å²) in [5.74, 6) is 0. The normalized spacial score (nSPS) is 19.5. The van der Waals surface area contributed by atoms with Gasteiger partial charge < -0.3 is 0 Å². The van der Waals surface area contributed by atoms with Crippen LogP contribution in [0.25, 0.3) is 0 Å². The van der Waals surface area contributed by atoms with E-state index in [2.05, 4.69) is 38.5 Å². The maximum Gasteiger partial charge on any atom is 0.0241 e. The molecule has 0 aromatic carbocycles. The monoisotopic (exact) mass is 225 g/mol. The van der Waals surface area contributed by atoms with Crippen LogP contribution in [-0.4, -0.2) is 30.8 Å². The van der Waals surface area contributed by atoms with Gasteiger partial charge in [-0.2, -0.15) is 0 Å². The molecule has 0 aromatic rings. The van der Waals surface area contributed by atoms with Gasteiger partial charge >= 0.3 is 0 Å².